The van der Waals surface area contributed by atoms with E-state index in [4.69, 9.17) is 0 Å². The Balaban J connectivity index is 2.37. The average molecular weight is 187 g/mol. The number of aryl methyl sites for hydroxylation is 1. The first-order chi connectivity index (χ1) is 6.68. The fraction of sp³-hybridized carbons (Fsp3) is 0.455. The molecule has 0 N–H and O–H groups in total. The van der Waals surface area contributed by atoms with Gasteiger partial charge in [-0.3, -0.25) is 4.98 Å². The molecule has 72 valence electrons. The molecule has 0 aliphatic heterocycles. The van der Waals surface area contributed by atoms with E-state index in [2.05, 4.69) is 28.2 Å². The highest BCUT2D eigenvalue weighted by molar-refractivity contribution is 5.45. The number of rotatable bonds is 0. The van der Waals surface area contributed by atoms with E-state index >= 15 is 0 Å². The molecule has 0 radical (unpaired) electrons. The summed E-state index contributed by atoms with van der Waals surface area (Å²) in [5.74, 6) is 0. The van der Waals surface area contributed by atoms with E-state index in [9.17, 15) is 0 Å². The monoisotopic (exact) mass is 187 g/mol. The van der Waals surface area contributed by atoms with Crippen LogP contribution in [-0.2, 0) is 11.8 Å². The van der Waals surface area contributed by atoms with Crippen LogP contribution in [0.1, 0.15) is 31.7 Å². The third kappa shape index (κ3) is 0.870. The van der Waals surface area contributed by atoms with Crippen molar-refractivity contribution in [1.29, 1.82) is 0 Å². The normalized spacial score (nSPS) is 18.7. The second-order valence-corrected chi connectivity index (χ2v) is 4.60. The van der Waals surface area contributed by atoms with E-state index in [1.165, 1.54) is 17.8 Å². The number of imidazole rings is 1. The lowest BCUT2D eigenvalue weighted by Gasteiger charge is -2.14. The van der Waals surface area contributed by atoms with E-state index in [1.54, 1.807) is 0 Å². The molecule has 2 aromatic heterocycles. The maximum Gasteiger partial charge on any atom is 0.155 e. The van der Waals surface area contributed by atoms with Gasteiger partial charge in [-0.1, -0.05) is 13.8 Å². The molecule has 0 amide bonds. The van der Waals surface area contributed by atoms with Crippen LogP contribution in [0.15, 0.2) is 18.6 Å². The molecule has 2 aromatic rings. The third-order valence-corrected chi connectivity index (χ3v) is 3.16. The van der Waals surface area contributed by atoms with Crippen molar-refractivity contribution in [3.05, 3.63) is 30.0 Å². The van der Waals surface area contributed by atoms with Crippen molar-refractivity contribution < 1.29 is 0 Å². The number of aromatic nitrogens is 3. The predicted molar refractivity (Wildman–Crippen MR) is 54.3 cm³/mol. The minimum Gasteiger partial charge on any atom is -0.301 e. The number of hydrogen-bond donors (Lipinski definition) is 0. The van der Waals surface area contributed by atoms with Gasteiger partial charge in [0.25, 0.3) is 0 Å². The Kier molecular flexibility index (Phi) is 1.34. The van der Waals surface area contributed by atoms with E-state index in [0.717, 1.165) is 12.1 Å². The molecular formula is C11H13N3. The minimum absolute atomic E-state index is 0.237. The molecule has 3 heteroatoms. The second-order valence-electron chi connectivity index (χ2n) is 4.60. The van der Waals surface area contributed by atoms with Crippen molar-refractivity contribution in [1.82, 2.24) is 14.4 Å². The largest absolute Gasteiger partial charge is 0.301 e. The van der Waals surface area contributed by atoms with Gasteiger partial charge >= 0.3 is 0 Å². The van der Waals surface area contributed by atoms with Crippen LogP contribution in [-0.4, -0.2) is 14.4 Å². The highest BCUT2D eigenvalue weighted by Crippen LogP contribution is 2.37. The zero-order chi connectivity index (χ0) is 9.76. The molecular weight excluding hydrogens is 174 g/mol. The quantitative estimate of drug-likeness (QED) is 0.631. The molecule has 0 fully saturated rings. The first kappa shape index (κ1) is 7.97. The van der Waals surface area contributed by atoms with Gasteiger partial charge in [0.2, 0.25) is 0 Å². The van der Waals surface area contributed by atoms with Gasteiger partial charge < -0.3 is 4.40 Å². The van der Waals surface area contributed by atoms with Gasteiger partial charge in [-0.25, -0.2) is 4.98 Å². The molecule has 2 heterocycles. The Bertz CT molecular complexity index is 496. The SMILES string of the molecule is CC1(C)CCc2c1nc1cnccn21. The molecule has 3 nitrogen and oxygen atoms in total. The van der Waals surface area contributed by atoms with E-state index in [0.29, 0.717) is 0 Å². The average Bonchev–Trinajstić information content (AvgIpc) is 2.65. The standard InChI is InChI=1S/C11H13N3/c1-11(2)4-3-8-10(11)13-9-7-12-5-6-14(8)9/h5-7H,3-4H2,1-2H3. The van der Waals surface area contributed by atoms with Crippen LogP contribution in [0, 0.1) is 0 Å². The summed E-state index contributed by atoms with van der Waals surface area (Å²) in [6.45, 7) is 4.53. The molecule has 14 heavy (non-hydrogen) atoms. The molecule has 1 aliphatic rings. The van der Waals surface area contributed by atoms with Crippen molar-refractivity contribution in [3.63, 3.8) is 0 Å². The van der Waals surface area contributed by atoms with Crippen LogP contribution in [0.25, 0.3) is 5.65 Å². The summed E-state index contributed by atoms with van der Waals surface area (Å²) in [6, 6.07) is 0. The maximum absolute atomic E-state index is 4.65. The highest BCUT2D eigenvalue weighted by Gasteiger charge is 2.33. The Morgan fingerprint density at radius 3 is 3.14 bits per heavy atom. The fourth-order valence-electron chi connectivity index (χ4n) is 2.29. The Labute approximate surface area is 82.8 Å². The summed E-state index contributed by atoms with van der Waals surface area (Å²) < 4.78 is 2.16. The molecule has 0 unspecified atom stereocenters. The summed E-state index contributed by atoms with van der Waals surface area (Å²) in [5, 5.41) is 0. The van der Waals surface area contributed by atoms with Crippen molar-refractivity contribution in [2.24, 2.45) is 0 Å². The third-order valence-electron chi connectivity index (χ3n) is 3.16. The molecule has 0 atom stereocenters. The number of nitrogens with zero attached hydrogens (tertiary/aromatic N) is 3. The van der Waals surface area contributed by atoms with E-state index in [1.807, 2.05) is 18.6 Å². The first-order valence-electron chi connectivity index (χ1n) is 5.00. The lowest BCUT2D eigenvalue weighted by Crippen LogP contribution is -2.12. The van der Waals surface area contributed by atoms with Crippen LogP contribution in [0.3, 0.4) is 0 Å². The van der Waals surface area contributed by atoms with Gasteiger partial charge in [0.15, 0.2) is 5.65 Å². The highest BCUT2D eigenvalue weighted by atomic mass is 15.0. The summed E-state index contributed by atoms with van der Waals surface area (Å²) in [4.78, 5) is 8.74. The van der Waals surface area contributed by atoms with Gasteiger partial charge in [0, 0.05) is 23.5 Å². The number of fused-ring (bicyclic) bond motifs is 3. The zero-order valence-electron chi connectivity index (χ0n) is 8.49. The summed E-state index contributed by atoms with van der Waals surface area (Å²) >= 11 is 0. The molecule has 1 aliphatic carbocycles. The fourth-order valence-corrected chi connectivity index (χ4v) is 2.29. The van der Waals surface area contributed by atoms with Crippen molar-refractivity contribution >= 4 is 5.65 Å². The summed E-state index contributed by atoms with van der Waals surface area (Å²) in [6.07, 6.45) is 7.99. The molecule has 0 spiro atoms. The van der Waals surface area contributed by atoms with Crippen LogP contribution >= 0.6 is 0 Å². The van der Waals surface area contributed by atoms with Crippen LogP contribution in [0.5, 0.6) is 0 Å². The van der Waals surface area contributed by atoms with E-state index < -0.39 is 0 Å². The Hall–Kier alpha value is -1.38. The number of hydrogen-bond acceptors (Lipinski definition) is 2. The summed E-state index contributed by atoms with van der Waals surface area (Å²) in [5.41, 5.74) is 3.84. The molecule has 3 rings (SSSR count). The Morgan fingerprint density at radius 2 is 2.29 bits per heavy atom. The minimum atomic E-state index is 0.237. The van der Waals surface area contributed by atoms with Gasteiger partial charge in [-0.15, -0.1) is 0 Å². The van der Waals surface area contributed by atoms with Crippen molar-refractivity contribution in [2.75, 3.05) is 0 Å². The van der Waals surface area contributed by atoms with Crippen LogP contribution in [0.2, 0.25) is 0 Å². The Morgan fingerprint density at radius 1 is 1.43 bits per heavy atom. The smallest absolute Gasteiger partial charge is 0.155 e. The summed E-state index contributed by atoms with van der Waals surface area (Å²) in [7, 11) is 0. The van der Waals surface area contributed by atoms with Crippen molar-refractivity contribution in [2.45, 2.75) is 32.1 Å². The van der Waals surface area contributed by atoms with E-state index in [-0.39, 0.29) is 5.41 Å². The second kappa shape index (κ2) is 2.35. The lowest BCUT2D eigenvalue weighted by atomic mass is 9.91. The maximum atomic E-state index is 4.65. The molecule has 0 aromatic carbocycles. The molecule has 0 saturated heterocycles. The van der Waals surface area contributed by atoms with Gasteiger partial charge in [-0.2, -0.15) is 0 Å². The zero-order valence-corrected chi connectivity index (χ0v) is 8.49. The predicted octanol–water partition coefficient (Wildman–Crippen LogP) is 1.95. The topological polar surface area (TPSA) is 30.2 Å². The van der Waals surface area contributed by atoms with Crippen LogP contribution in [0.4, 0.5) is 0 Å². The van der Waals surface area contributed by atoms with Gasteiger partial charge in [0.1, 0.15) is 0 Å². The lowest BCUT2D eigenvalue weighted by molar-refractivity contribution is 0.510. The first-order valence-corrected chi connectivity index (χ1v) is 5.00. The van der Waals surface area contributed by atoms with Gasteiger partial charge in [-0.05, 0) is 12.8 Å². The van der Waals surface area contributed by atoms with Crippen LogP contribution < -0.4 is 0 Å². The molecule has 0 saturated carbocycles. The van der Waals surface area contributed by atoms with Gasteiger partial charge in [0.05, 0.1) is 11.9 Å². The van der Waals surface area contributed by atoms with Crippen molar-refractivity contribution in [3.8, 4) is 0 Å². The molecule has 0 bridgehead atoms.